The van der Waals surface area contributed by atoms with Crippen molar-refractivity contribution in [1.82, 2.24) is 10.2 Å². The molecule has 0 spiro atoms. The first kappa shape index (κ1) is 14.6. The molecule has 3 nitrogen and oxygen atoms in total. The summed E-state index contributed by atoms with van der Waals surface area (Å²) in [5.74, 6) is 0.895. The molecule has 1 aliphatic rings. The quantitative estimate of drug-likeness (QED) is 0.841. The summed E-state index contributed by atoms with van der Waals surface area (Å²) in [5, 5.41) is 4.24. The molecule has 2 unspecified atom stereocenters. The molecule has 106 valence electrons. The normalized spacial score (nSPS) is 24.4. The monoisotopic (exact) mass is 282 g/mol. The zero-order chi connectivity index (χ0) is 13.7. The molecule has 0 aliphatic carbocycles. The fourth-order valence-electron chi connectivity index (χ4n) is 2.40. The highest BCUT2D eigenvalue weighted by atomic mass is 35.5. The molecule has 1 N–H and O–H groups in total. The second-order valence-electron chi connectivity index (χ2n) is 5.31. The largest absolute Gasteiger partial charge is 0.494 e. The molecular formula is C15H23ClN2O. The predicted octanol–water partition coefficient (Wildman–Crippen LogP) is 2.79. The first-order chi connectivity index (χ1) is 9.15. The van der Waals surface area contributed by atoms with Crippen LogP contribution in [-0.2, 0) is 0 Å². The van der Waals surface area contributed by atoms with Crippen LogP contribution >= 0.6 is 11.6 Å². The van der Waals surface area contributed by atoms with E-state index in [1.165, 1.54) is 0 Å². The van der Waals surface area contributed by atoms with Gasteiger partial charge in [-0.3, -0.25) is 4.90 Å². The van der Waals surface area contributed by atoms with Gasteiger partial charge in [0.2, 0.25) is 0 Å². The smallest absolute Gasteiger partial charge is 0.119 e. The van der Waals surface area contributed by atoms with Crippen molar-refractivity contribution in [2.24, 2.45) is 0 Å². The van der Waals surface area contributed by atoms with Gasteiger partial charge < -0.3 is 10.1 Å². The lowest BCUT2D eigenvalue weighted by atomic mass is 10.1. The number of nitrogens with one attached hydrogen (secondary N) is 1. The van der Waals surface area contributed by atoms with Crippen LogP contribution in [0.4, 0.5) is 0 Å². The molecule has 1 fully saturated rings. The maximum Gasteiger partial charge on any atom is 0.119 e. The highest BCUT2D eigenvalue weighted by Gasteiger charge is 2.21. The van der Waals surface area contributed by atoms with Crippen molar-refractivity contribution in [2.45, 2.75) is 32.4 Å². The highest BCUT2D eigenvalue weighted by Crippen LogP contribution is 2.15. The Kier molecular flexibility index (Phi) is 5.49. The lowest BCUT2D eigenvalue weighted by Crippen LogP contribution is -2.54. The zero-order valence-electron chi connectivity index (χ0n) is 11.7. The summed E-state index contributed by atoms with van der Waals surface area (Å²) in [5.41, 5.74) is 0. The molecule has 1 aromatic carbocycles. The summed E-state index contributed by atoms with van der Waals surface area (Å²) in [6.07, 6.45) is 1.06. The van der Waals surface area contributed by atoms with Crippen LogP contribution in [0.1, 0.15) is 20.3 Å². The SMILES string of the molecule is CC1CN(CCCOc2ccc(Cl)cc2)C(C)CN1. The molecule has 1 heterocycles. The van der Waals surface area contributed by atoms with Crippen molar-refractivity contribution in [3.63, 3.8) is 0 Å². The Morgan fingerprint density at radius 3 is 2.79 bits per heavy atom. The fraction of sp³-hybridized carbons (Fsp3) is 0.600. The van der Waals surface area contributed by atoms with E-state index >= 15 is 0 Å². The van der Waals surface area contributed by atoms with E-state index in [1.54, 1.807) is 0 Å². The zero-order valence-corrected chi connectivity index (χ0v) is 12.5. The Morgan fingerprint density at radius 2 is 2.05 bits per heavy atom. The third-order valence-corrected chi connectivity index (χ3v) is 3.82. The molecule has 0 bridgehead atoms. The minimum absolute atomic E-state index is 0.591. The van der Waals surface area contributed by atoms with E-state index in [1.807, 2.05) is 24.3 Å². The third-order valence-electron chi connectivity index (χ3n) is 3.57. The van der Waals surface area contributed by atoms with Gasteiger partial charge >= 0.3 is 0 Å². The number of halogens is 1. The Bertz CT molecular complexity index is 382. The van der Waals surface area contributed by atoms with E-state index in [-0.39, 0.29) is 0 Å². The first-order valence-corrected chi connectivity index (χ1v) is 7.39. The van der Waals surface area contributed by atoms with Crippen molar-refractivity contribution in [3.8, 4) is 5.75 Å². The minimum Gasteiger partial charge on any atom is -0.494 e. The van der Waals surface area contributed by atoms with Gasteiger partial charge in [0.15, 0.2) is 0 Å². The van der Waals surface area contributed by atoms with Crippen LogP contribution in [0.2, 0.25) is 5.02 Å². The van der Waals surface area contributed by atoms with Crippen molar-refractivity contribution in [3.05, 3.63) is 29.3 Å². The van der Waals surface area contributed by atoms with E-state index in [0.29, 0.717) is 12.1 Å². The predicted molar refractivity (Wildman–Crippen MR) is 80.1 cm³/mol. The number of ether oxygens (including phenoxy) is 1. The van der Waals surface area contributed by atoms with Gasteiger partial charge in [-0.1, -0.05) is 11.6 Å². The van der Waals surface area contributed by atoms with Crippen LogP contribution in [0.15, 0.2) is 24.3 Å². The standard InChI is InChI=1S/C15H23ClN2O/c1-12-11-18(13(2)10-17-12)8-3-9-19-15-6-4-14(16)5-7-15/h4-7,12-13,17H,3,8-11H2,1-2H3. The summed E-state index contributed by atoms with van der Waals surface area (Å²) < 4.78 is 5.71. The van der Waals surface area contributed by atoms with Gasteiger partial charge in [0.05, 0.1) is 6.61 Å². The van der Waals surface area contributed by atoms with Crippen LogP contribution in [0.25, 0.3) is 0 Å². The summed E-state index contributed by atoms with van der Waals surface area (Å²) in [7, 11) is 0. The molecule has 4 heteroatoms. The van der Waals surface area contributed by atoms with Crippen molar-refractivity contribution in [1.29, 1.82) is 0 Å². The molecule has 2 rings (SSSR count). The number of nitrogens with zero attached hydrogens (tertiary/aromatic N) is 1. The van der Waals surface area contributed by atoms with Crippen LogP contribution < -0.4 is 10.1 Å². The first-order valence-electron chi connectivity index (χ1n) is 7.01. The Morgan fingerprint density at radius 1 is 1.32 bits per heavy atom. The molecule has 0 radical (unpaired) electrons. The van der Waals surface area contributed by atoms with Gasteiger partial charge in [-0.2, -0.15) is 0 Å². The number of benzene rings is 1. The van der Waals surface area contributed by atoms with Gasteiger partial charge in [-0.25, -0.2) is 0 Å². The van der Waals surface area contributed by atoms with Crippen molar-refractivity contribution < 1.29 is 4.74 Å². The second kappa shape index (κ2) is 7.13. The topological polar surface area (TPSA) is 24.5 Å². The maximum absolute atomic E-state index is 5.84. The van der Waals surface area contributed by atoms with Gasteiger partial charge in [-0.05, 0) is 44.5 Å². The number of rotatable bonds is 5. The van der Waals surface area contributed by atoms with Crippen LogP contribution in [-0.4, -0.2) is 43.2 Å². The molecule has 0 amide bonds. The van der Waals surface area contributed by atoms with E-state index in [2.05, 4.69) is 24.1 Å². The molecule has 1 saturated heterocycles. The molecule has 0 aromatic heterocycles. The Balaban J connectivity index is 1.67. The summed E-state index contributed by atoms with van der Waals surface area (Å²) in [6, 6.07) is 8.75. The van der Waals surface area contributed by atoms with Gasteiger partial charge in [-0.15, -0.1) is 0 Å². The molecule has 1 aliphatic heterocycles. The molecule has 19 heavy (non-hydrogen) atoms. The lowest BCUT2D eigenvalue weighted by Gasteiger charge is -2.37. The van der Waals surface area contributed by atoms with Crippen molar-refractivity contribution in [2.75, 3.05) is 26.2 Å². The van der Waals surface area contributed by atoms with Crippen LogP contribution in [0, 0.1) is 0 Å². The average molecular weight is 283 g/mol. The van der Waals surface area contributed by atoms with Crippen molar-refractivity contribution >= 4 is 11.6 Å². The molecular weight excluding hydrogens is 260 g/mol. The Labute approximate surface area is 120 Å². The summed E-state index contributed by atoms with van der Waals surface area (Å²) in [4.78, 5) is 2.53. The number of hydrogen-bond acceptors (Lipinski definition) is 3. The van der Waals surface area contributed by atoms with E-state index in [4.69, 9.17) is 16.3 Å². The van der Waals surface area contributed by atoms with Gasteiger partial charge in [0, 0.05) is 36.7 Å². The molecule has 0 saturated carbocycles. The van der Waals surface area contributed by atoms with E-state index < -0.39 is 0 Å². The third kappa shape index (κ3) is 4.68. The van der Waals surface area contributed by atoms with Gasteiger partial charge in [0.1, 0.15) is 5.75 Å². The highest BCUT2D eigenvalue weighted by molar-refractivity contribution is 6.30. The van der Waals surface area contributed by atoms with Gasteiger partial charge in [0.25, 0.3) is 0 Å². The second-order valence-corrected chi connectivity index (χ2v) is 5.75. The molecule has 2 atom stereocenters. The lowest BCUT2D eigenvalue weighted by molar-refractivity contribution is 0.136. The number of piperazine rings is 1. The van der Waals surface area contributed by atoms with Crippen LogP contribution in [0.5, 0.6) is 5.75 Å². The maximum atomic E-state index is 5.84. The molecule has 1 aromatic rings. The average Bonchev–Trinajstić information content (AvgIpc) is 2.40. The van der Waals surface area contributed by atoms with E-state index in [9.17, 15) is 0 Å². The summed E-state index contributed by atoms with van der Waals surface area (Å²) in [6.45, 7) is 8.58. The minimum atomic E-state index is 0.591. The number of hydrogen-bond donors (Lipinski definition) is 1. The van der Waals surface area contributed by atoms with Crippen LogP contribution in [0.3, 0.4) is 0 Å². The van der Waals surface area contributed by atoms with E-state index in [0.717, 1.165) is 43.4 Å². The fourth-order valence-corrected chi connectivity index (χ4v) is 2.52. The Hall–Kier alpha value is -0.770. The summed E-state index contributed by atoms with van der Waals surface area (Å²) >= 11 is 5.84.